The summed E-state index contributed by atoms with van der Waals surface area (Å²) in [5.74, 6) is 0.972. The predicted octanol–water partition coefficient (Wildman–Crippen LogP) is 5.18. The first-order valence-corrected chi connectivity index (χ1v) is 11.0. The number of aliphatic hydroxyl groups excluding tert-OH is 1. The van der Waals surface area contributed by atoms with Crippen LogP contribution < -0.4 is 10.6 Å². The molecule has 1 saturated heterocycles. The van der Waals surface area contributed by atoms with Crippen molar-refractivity contribution in [2.24, 2.45) is 11.8 Å². The average molecular weight is 433 g/mol. The van der Waals surface area contributed by atoms with Crippen LogP contribution in [0.4, 0.5) is 11.4 Å². The third-order valence-electron chi connectivity index (χ3n) is 6.04. The number of nitrogens with zero attached hydrogens (tertiary/aromatic N) is 2. The van der Waals surface area contributed by atoms with E-state index in [-0.39, 0.29) is 0 Å². The van der Waals surface area contributed by atoms with Crippen molar-refractivity contribution in [1.82, 2.24) is 9.88 Å². The normalized spacial score (nSPS) is 20.2. The molecule has 2 heterocycles. The summed E-state index contributed by atoms with van der Waals surface area (Å²) in [6.07, 6.45) is 4.12. The average Bonchev–Trinajstić information content (AvgIpc) is 2.79. The molecule has 3 N–H and O–H groups in total. The molecule has 6 heteroatoms. The van der Waals surface area contributed by atoms with Crippen LogP contribution in [-0.4, -0.2) is 33.2 Å². The minimum absolute atomic E-state index is 0.384. The molecule has 0 bridgehead atoms. The highest BCUT2D eigenvalue weighted by molar-refractivity contribution is 7.80. The molecule has 3 unspecified atom stereocenters. The van der Waals surface area contributed by atoms with Gasteiger partial charge < -0.3 is 15.7 Å². The summed E-state index contributed by atoms with van der Waals surface area (Å²) in [6, 6.07) is 17.6. The number of hydrogen-bond donors (Lipinski definition) is 3. The van der Waals surface area contributed by atoms with Crippen molar-refractivity contribution in [3.05, 3.63) is 79.0 Å². The van der Waals surface area contributed by atoms with Gasteiger partial charge in [0.1, 0.15) is 6.23 Å². The van der Waals surface area contributed by atoms with Crippen molar-refractivity contribution in [1.29, 1.82) is 0 Å². The SMILES string of the molecule is C=CC1CN(C(O)c2ccnc3ccc(NC(=S)Nc4ccccc4)cc23)CCC1C. The van der Waals surface area contributed by atoms with Crippen molar-refractivity contribution in [3.63, 3.8) is 0 Å². The van der Waals surface area contributed by atoms with Crippen LogP contribution in [-0.2, 0) is 0 Å². The van der Waals surface area contributed by atoms with E-state index in [0.717, 1.165) is 47.4 Å². The van der Waals surface area contributed by atoms with Crippen LogP contribution in [0.2, 0.25) is 0 Å². The minimum Gasteiger partial charge on any atom is -0.374 e. The molecule has 3 aromatic rings. The second kappa shape index (κ2) is 9.56. The van der Waals surface area contributed by atoms with Crippen LogP contribution in [0.3, 0.4) is 0 Å². The lowest BCUT2D eigenvalue weighted by Gasteiger charge is -2.38. The van der Waals surface area contributed by atoms with Gasteiger partial charge in [0, 0.05) is 41.6 Å². The highest BCUT2D eigenvalue weighted by Gasteiger charge is 2.29. The Hall–Kier alpha value is -2.80. The lowest BCUT2D eigenvalue weighted by molar-refractivity contribution is -0.0277. The van der Waals surface area contributed by atoms with Gasteiger partial charge in [-0.2, -0.15) is 0 Å². The molecule has 1 aromatic heterocycles. The fourth-order valence-corrected chi connectivity index (χ4v) is 4.37. The lowest BCUT2D eigenvalue weighted by atomic mass is 9.86. The first kappa shape index (κ1) is 21.4. The van der Waals surface area contributed by atoms with Crippen molar-refractivity contribution in [3.8, 4) is 0 Å². The van der Waals surface area contributed by atoms with Gasteiger partial charge in [-0.05, 0) is 66.9 Å². The number of piperidine rings is 1. The van der Waals surface area contributed by atoms with Crippen LogP contribution in [0.15, 0.2) is 73.4 Å². The van der Waals surface area contributed by atoms with Gasteiger partial charge in [0.05, 0.1) is 5.52 Å². The molecule has 0 saturated carbocycles. The zero-order valence-electron chi connectivity index (χ0n) is 17.7. The molecule has 5 nitrogen and oxygen atoms in total. The molecule has 0 aliphatic carbocycles. The van der Waals surface area contributed by atoms with Crippen molar-refractivity contribution >= 4 is 39.6 Å². The van der Waals surface area contributed by atoms with Gasteiger partial charge >= 0.3 is 0 Å². The third-order valence-corrected chi connectivity index (χ3v) is 6.24. The molecule has 4 rings (SSSR count). The molecular weight excluding hydrogens is 404 g/mol. The maximum absolute atomic E-state index is 11.2. The van der Waals surface area contributed by atoms with Gasteiger partial charge in [-0.25, -0.2) is 0 Å². The van der Waals surface area contributed by atoms with Gasteiger partial charge in [-0.1, -0.05) is 31.2 Å². The van der Waals surface area contributed by atoms with Crippen LogP contribution in [0.25, 0.3) is 10.9 Å². The maximum Gasteiger partial charge on any atom is 0.175 e. The standard InChI is InChI=1S/C25H28N4OS/c1-3-18-16-29(14-12-17(18)2)24(30)21-11-13-26-23-10-9-20(15-22(21)23)28-25(31)27-19-7-5-4-6-8-19/h3-11,13,15,17-18,24,30H,1,12,14,16H2,2H3,(H2,27,28,31). The number of thiocarbonyl (C=S) groups is 1. The first-order valence-electron chi connectivity index (χ1n) is 10.6. The second-order valence-electron chi connectivity index (χ2n) is 8.11. The van der Waals surface area contributed by atoms with Gasteiger partial charge in [0.2, 0.25) is 0 Å². The number of fused-ring (bicyclic) bond motifs is 1. The molecule has 31 heavy (non-hydrogen) atoms. The van der Waals surface area contributed by atoms with Crippen LogP contribution in [0.5, 0.6) is 0 Å². The quantitative estimate of drug-likeness (QED) is 0.382. The number of nitrogens with one attached hydrogen (secondary N) is 2. The van der Waals surface area contributed by atoms with Crippen molar-refractivity contribution < 1.29 is 5.11 Å². The molecule has 160 valence electrons. The molecule has 0 amide bonds. The number of anilines is 2. The van der Waals surface area contributed by atoms with Gasteiger partial charge in [0.15, 0.2) is 5.11 Å². The molecule has 1 aliphatic rings. The summed E-state index contributed by atoms with van der Waals surface area (Å²) >= 11 is 5.46. The van der Waals surface area contributed by atoms with E-state index < -0.39 is 6.23 Å². The number of aromatic nitrogens is 1. The van der Waals surface area contributed by atoms with Crippen molar-refractivity contribution in [2.45, 2.75) is 19.6 Å². The summed E-state index contributed by atoms with van der Waals surface area (Å²) in [6.45, 7) is 7.89. The van der Waals surface area contributed by atoms with Gasteiger partial charge in [-0.15, -0.1) is 6.58 Å². The van der Waals surface area contributed by atoms with Gasteiger partial charge in [0.25, 0.3) is 0 Å². The Kier molecular flexibility index (Phi) is 6.61. The van der Waals surface area contributed by atoms with E-state index in [1.165, 1.54) is 0 Å². The fraction of sp³-hybridized carbons (Fsp3) is 0.280. The van der Waals surface area contributed by atoms with Crippen LogP contribution >= 0.6 is 12.2 Å². The van der Waals surface area contributed by atoms with E-state index in [0.29, 0.717) is 16.9 Å². The minimum atomic E-state index is -0.690. The monoisotopic (exact) mass is 432 g/mol. The second-order valence-corrected chi connectivity index (χ2v) is 8.52. The molecule has 3 atom stereocenters. The highest BCUT2D eigenvalue weighted by Crippen LogP contribution is 2.32. The maximum atomic E-state index is 11.2. The summed E-state index contributed by atoms with van der Waals surface area (Å²) in [7, 11) is 0. The van der Waals surface area contributed by atoms with E-state index in [2.05, 4.69) is 34.0 Å². The Morgan fingerprint density at radius 1 is 1.19 bits per heavy atom. The van der Waals surface area contributed by atoms with Crippen LogP contribution in [0.1, 0.15) is 25.1 Å². The van der Waals surface area contributed by atoms with Crippen LogP contribution in [0, 0.1) is 11.8 Å². The topological polar surface area (TPSA) is 60.4 Å². The third kappa shape index (κ3) is 4.93. The number of benzene rings is 2. The Balaban J connectivity index is 1.55. The van der Waals surface area contributed by atoms with E-state index in [9.17, 15) is 5.11 Å². The zero-order valence-corrected chi connectivity index (χ0v) is 18.5. The van der Waals surface area contributed by atoms with E-state index in [1.54, 1.807) is 6.20 Å². The molecule has 2 aromatic carbocycles. The number of aliphatic hydroxyl groups is 1. The fourth-order valence-electron chi connectivity index (χ4n) is 4.14. The smallest absolute Gasteiger partial charge is 0.175 e. The summed E-state index contributed by atoms with van der Waals surface area (Å²) in [4.78, 5) is 6.61. The zero-order chi connectivity index (χ0) is 21.8. The Morgan fingerprint density at radius 2 is 1.97 bits per heavy atom. The molecule has 0 radical (unpaired) electrons. The highest BCUT2D eigenvalue weighted by atomic mass is 32.1. The molecule has 1 aliphatic heterocycles. The Labute approximate surface area is 188 Å². The number of likely N-dealkylation sites (tertiary alicyclic amines) is 1. The predicted molar refractivity (Wildman–Crippen MR) is 132 cm³/mol. The van der Waals surface area contributed by atoms with E-state index in [1.807, 2.05) is 60.7 Å². The first-order chi connectivity index (χ1) is 15.0. The largest absolute Gasteiger partial charge is 0.374 e. The molecular formula is C25H28N4OS. The molecule has 1 fully saturated rings. The summed E-state index contributed by atoms with van der Waals surface area (Å²) < 4.78 is 0. The summed E-state index contributed by atoms with van der Waals surface area (Å²) in [5.41, 5.74) is 3.47. The number of rotatable bonds is 5. The Morgan fingerprint density at radius 3 is 2.74 bits per heavy atom. The number of para-hydroxylation sites is 1. The summed E-state index contributed by atoms with van der Waals surface area (Å²) in [5, 5.41) is 19.1. The number of hydrogen-bond acceptors (Lipinski definition) is 4. The van der Waals surface area contributed by atoms with E-state index in [4.69, 9.17) is 12.2 Å². The molecule has 0 spiro atoms. The Bertz CT molecular complexity index is 1070. The lowest BCUT2D eigenvalue weighted by Crippen LogP contribution is -2.41. The van der Waals surface area contributed by atoms with Gasteiger partial charge in [-0.3, -0.25) is 9.88 Å². The van der Waals surface area contributed by atoms with E-state index >= 15 is 0 Å². The van der Waals surface area contributed by atoms with Crippen molar-refractivity contribution in [2.75, 3.05) is 23.7 Å². The number of pyridine rings is 1.